The molecule has 0 spiro atoms. The first-order chi connectivity index (χ1) is 9.60. The Morgan fingerprint density at radius 1 is 1.38 bits per heavy atom. The van der Waals surface area contributed by atoms with Gasteiger partial charge in [0.25, 0.3) is 0 Å². The Hall–Kier alpha value is -1.10. The van der Waals surface area contributed by atoms with Crippen LogP contribution in [0.5, 0.6) is 5.75 Å². The summed E-state index contributed by atoms with van der Waals surface area (Å²) in [6.45, 7) is 7.05. The second-order valence-corrected chi connectivity index (χ2v) is 5.43. The van der Waals surface area contributed by atoms with Gasteiger partial charge in [-0.2, -0.15) is 0 Å². The van der Waals surface area contributed by atoms with Gasteiger partial charge in [0.05, 0.1) is 6.61 Å². The Kier molecular flexibility index (Phi) is 7.15. The normalized spacial score (nSPS) is 16.3. The van der Waals surface area contributed by atoms with Crippen LogP contribution in [0.4, 0.5) is 0 Å². The van der Waals surface area contributed by atoms with Crippen LogP contribution in [0.25, 0.3) is 0 Å². The van der Waals surface area contributed by atoms with Crippen molar-refractivity contribution in [3.8, 4) is 5.75 Å². The van der Waals surface area contributed by atoms with Crippen molar-refractivity contribution in [1.29, 1.82) is 0 Å². The minimum atomic E-state index is 0. The lowest BCUT2D eigenvalue weighted by Gasteiger charge is -2.30. The highest BCUT2D eigenvalue weighted by Gasteiger charge is 2.18. The Morgan fingerprint density at radius 2 is 2.05 bits per heavy atom. The summed E-state index contributed by atoms with van der Waals surface area (Å²) < 4.78 is 5.67. The van der Waals surface area contributed by atoms with E-state index in [2.05, 4.69) is 4.90 Å². The summed E-state index contributed by atoms with van der Waals surface area (Å²) in [7, 11) is 0. The highest BCUT2D eigenvalue weighted by molar-refractivity contribution is 5.94. The van der Waals surface area contributed by atoms with E-state index in [4.69, 9.17) is 10.5 Å². The number of nitrogens with zero attached hydrogens (tertiary/aromatic N) is 1. The fraction of sp³-hybridized carbons (Fsp3) is 0.562. The van der Waals surface area contributed by atoms with E-state index in [0.29, 0.717) is 12.6 Å². The Morgan fingerprint density at radius 3 is 2.62 bits per heavy atom. The van der Waals surface area contributed by atoms with E-state index < -0.39 is 0 Å². The zero-order valence-corrected chi connectivity index (χ0v) is 13.6. The van der Waals surface area contributed by atoms with Crippen molar-refractivity contribution in [2.24, 2.45) is 5.73 Å². The molecule has 1 heterocycles. The third kappa shape index (κ3) is 4.99. The van der Waals surface area contributed by atoms with Gasteiger partial charge in [0.15, 0.2) is 5.78 Å². The number of likely N-dealkylation sites (tertiary alicyclic amines) is 1. The number of ketones is 1. The Balaban J connectivity index is 0.00000220. The molecule has 0 aromatic heterocycles. The molecular weight excluding hydrogens is 288 g/mol. The number of halogens is 1. The number of piperidine rings is 1. The largest absolute Gasteiger partial charge is 0.494 e. The number of ether oxygens (including phenoxy) is 1. The average molecular weight is 313 g/mol. The van der Waals surface area contributed by atoms with Crippen LogP contribution >= 0.6 is 12.4 Å². The van der Waals surface area contributed by atoms with Crippen molar-refractivity contribution in [3.63, 3.8) is 0 Å². The first kappa shape index (κ1) is 18.0. The zero-order chi connectivity index (χ0) is 14.5. The summed E-state index contributed by atoms with van der Waals surface area (Å²) in [5, 5.41) is 0. The van der Waals surface area contributed by atoms with E-state index >= 15 is 0 Å². The molecule has 1 aromatic carbocycles. The molecule has 0 atom stereocenters. The van der Waals surface area contributed by atoms with Crippen LogP contribution < -0.4 is 10.5 Å². The molecule has 5 heteroatoms. The molecule has 1 saturated heterocycles. The van der Waals surface area contributed by atoms with Crippen molar-refractivity contribution in [3.05, 3.63) is 29.3 Å². The van der Waals surface area contributed by atoms with Crippen LogP contribution in [0.2, 0.25) is 0 Å². The third-order valence-electron chi connectivity index (χ3n) is 3.79. The maximum absolute atomic E-state index is 11.5. The van der Waals surface area contributed by atoms with E-state index in [1.165, 1.54) is 0 Å². The van der Waals surface area contributed by atoms with E-state index in [1.807, 2.05) is 25.1 Å². The summed E-state index contributed by atoms with van der Waals surface area (Å²) in [6, 6.07) is 6.04. The van der Waals surface area contributed by atoms with E-state index in [-0.39, 0.29) is 18.2 Å². The molecule has 21 heavy (non-hydrogen) atoms. The van der Waals surface area contributed by atoms with Crippen molar-refractivity contribution in [2.45, 2.75) is 39.3 Å². The second kappa shape index (κ2) is 8.37. The highest BCUT2D eigenvalue weighted by atomic mass is 35.5. The molecule has 1 fully saturated rings. The van der Waals surface area contributed by atoms with Gasteiger partial charge in [-0.25, -0.2) is 0 Å². The maximum atomic E-state index is 11.5. The number of carbonyl (C=O) groups is 1. The van der Waals surface area contributed by atoms with Gasteiger partial charge in [0.2, 0.25) is 0 Å². The van der Waals surface area contributed by atoms with Gasteiger partial charge in [-0.3, -0.25) is 9.69 Å². The van der Waals surface area contributed by atoms with Gasteiger partial charge in [-0.05, 0) is 58.0 Å². The number of carbonyl (C=O) groups excluding carboxylic acids is 1. The molecule has 4 nitrogen and oxygen atoms in total. The first-order valence-electron chi connectivity index (χ1n) is 7.34. The summed E-state index contributed by atoms with van der Waals surface area (Å²) >= 11 is 0. The summed E-state index contributed by atoms with van der Waals surface area (Å²) in [4.78, 5) is 13.9. The van der Waals surface area contributed by atoms with Crippen LogP contribution in [0.1, 0.15) is 42.6 Å². The fourth-order valence-electron chi connectivity index (χ4n) is 2.57. The quantitative estimate of drug-likeness (QED) is 0.849. The smallest absolute Gasteiger partial charge is 0.159 e. The summed E-state index contributed by atoms with van der Waals surface area (Å²) in [5.74, 6) is 0.974. The first-order valence-corrected chi connectivity index (χ1v) is 7.34. The topological polar surface area (TPSA) is 55.6 Å². The van der Waals surface area contributed by atoms with E-state index in [0.717, 1.165) is 49.4 Å². The number of rotatable bonds is 5. The van der Waals surface area contributed by atoms with Gasteiger partial charge < -0.3 is 10.5 Å². The highest BCUT2D eigenvalue weighted by Crippen LogP contribution is 2.23. The van der Waals surface area contributed by atoms with Crippen molar-refractivity contribution in [2.75, 3.05) is 19.7 Å². The van der Waals surface area contributed by atoms with Crippen LogP contribution in [-0.2, 0) is 6.54 Å². The van der Waals surface area contributed by atoms with Crippen molar-refractivity contribution < 1.29 is 9.53 Å². The SMILES string of the molecule is CCOc1ccc(C(C)=O)cc1CN1CCC(N)CC1.Cl. The molecule has 0 unspecified atom stereocenters. The molecule has 2 N–H and O–H groups in total. The van der Waals surface area contributed by atoms with Gasteiger partial charge >= 0.3 is 0 Å². The predicted octanol–water partition coefficient (Wildman–Crippen LogP) is 2.63. The predicted molar refractivity (Wildman–Crippen MR) is 87.3 cm³/mol. The van der Waals surface area contributed by atoms with E-state index in [1.54, 1.807) is 6.92 Å². The molecular formula is C16H25ClN2O2. The molecule has 1 aromatic rings. The standard InChI is InChI=1S/C16H24N2O2.ClH/c1-3-20-16-5-4-13(12(2)19)10-14(16)11-18-8-6-15(17)7-9-18;/h4-5,10,15H,3,6-9,11,17H2,1-2H3;1H. The zero-order valence-electron chi connectivity index (χ0n) is 12.8. The number of hydrogen-bond donors (Lipinski definition) is 1. The van der Waals surface area contributed by atoms with Crippen LogP contribution in [0, 0.1) is 0 Å². The number of nitrogens with two attached hydrogens (primary N) is 1. The molecule has 2 rings (SSSR count). The minimum absolute atomic E-state index is 0. The average Bonchev–Trinajstić information content (AvgIpc) is 2.43. The van der Waals surface area contributed by atoms with Gasteiger partial charge in [-0.1, -0.05) is 0 Å². The third-order valence-corrected chi connectivity index (χ3v) is 3.79. The van der Waals surface area contributed by atoms with Crippen molar-refractivity contribution >= 4 is 18.2 Å². The molecule has 0 radical (unpaired) electrons. The number of Topliss-reactive ketones (excluding diaryl/α,β-unsaturated/α-hetero) is 1. The summed E-state index contributed by atoms with van der Waals surface area (Å²) in [5.41, 5.74) is 7.78. The minimum Gasteiger partial charge on any atom is -0.494 e. The molecule has 0 saturated carbocycles. The fourth-order valence-corrected chi connectivity index (χ4v) is 2.57. The maximum Gasteiger partial charge on any atom is 0.159 e. The molecule has 0 aliphatic carbocycles. The van der Waals surface area contributed by atoms with E-state index in [9.17, 15) is 4.79 Å². The lowest BCUT2D eigenvalue weighted by atomic mass is 10.0. The molecule has 1 aliphatic heterocycles. The number of hydrogen-bond acceptors (Lipinski definition) is 4. The van der Waals surface area contributed by atoms with Gasteiger partial charge in [-0.15, -0.1) is 12.4 Å². The van der Waals surface area contributed by atoms with Crippen LogP contribution in [-0.4, -0.2) is 36.4 Å². The van der Waals surface area contributed by atoms with Crippen molar-refractivity contribution in [1.82, 2.24) is 4.90 Å². The van der Waals surface area contributed by atoms with Crippen LogP contribution in [0.3, 0.4) is 0 Å². The van der Waals surface area contributed by atoms with Gasteiger partial charge in [0, 0.05) is 23.7 Å². The second-order valence-electron chi connectivity index (χ2n) is 5.43. The molecule has 1 aliphatic rings. The van der Waals surface area contributed by atoms with Crippen LogP contribution in [0.15, 0.2) is 18.2 Å². The van der Waals surface area contributed by atoms with Gasteiger partial charge in [0.1, 0.15) is 5.75 Å². The summed E-state index contributed by atoms with van der Waals surface area (Å²) in [6.07, 6.45) is 2.08. The lowest BCUT2D eigenvalue weighted by Crippen LogP contribution is -2.39. The Bertz CT molecular complexity index is 471. The molecule has 0 bridgehead atoms. The Labute approximate surface area is 133 Å². The monoisotopic (exact) mass is 312 g/mol. The number of benzene rings is 1. The lowest BCUT2D eigenvalue weighted by molar-refractivity contribution is 0.101. The molecule has 0 amide bonds. The molecule has 118 valence electrons.